The van der Waals surface area contributed by atoms with E-state index in [1.807, 2.05) is 0 Å². The van der Waals surface area contributed by atoms with Gasteiger partial charge in [0.1, 0.15) is 6.04 Å². The van der Waals surface area contributed by atoms with Crippen molar-refractivity contribution in [2.75, 3.05) is 11.9 Å². The summed E-state index contributed by atoms with van der Waals surface area (Å²) in [5, 5.41) is 20.7. The van der Waals surface area contributed by atoms with Crippen molar-refractivity contribution in [3.8, 4) is 0 Å². The summed E-state index contributed by atoms with van der Waals surface area (Å²) in [4.78, 5) is 50.8. The van der Waals surface area contributed by atoms with Crippen LogP contribution in [-0.2, 0) is 9.59 Å². The maximum Gasteiger partial charge on any atom is 0.262 e. The molecule has 1 aromatic heterocycles. The minimum atomic E-state index is -0.957. The van der Waals surface area contributed by atoms with Gasteiger partial charge in [-0.05, 0) is 93.4 Å². The normalized spacial score (nSPS) is 30.2. The van der Waals surface area contributed by atoms with E-state index in [-0.39, 0.29) is 36.0 Å². The maximum absolute atomic E-state index is 13.1. The topological polar surface area (TPSA) is 134 Å². The third kappa shape index (κ3) is 4.52. The van der Waals surface area contributed by atoms with E-state index in [2.05, 4.69) is 21.5 Å². The fraction of sp³-hybridized carbons (Fsp3) is 0.567. The van der Waals surface area contributed by atoms with E-state index in [0.717, 1.165) is 55.7 Å². The van der Waals surface area contributed by atoms with Crippen LogP contribution < -0.4 is 10.6 Å². The lowest BCUT2D eigenvalue weighted by Crippen LogP contribution is -2.54. The third-order valence-corrected chi connectivity index (χ3v) is 9.51. The van der Waals surface area contributed by atoms with E-state index >= 15 is 0 Å². The Hall–Kier alpha value is -3.53. The highest BCUT2D eigenvalue weighted by atomic mass is 16.3. The number of anilines is 1. The Kier molecular flexibility index (Phi) is 6.25. The van der Waals surface area contributed by atoms with E-state index in [1.54, 1.807) is 18.2 Å². The van der Waals surface area contributed by atoms with Crippen molar-refractivity contribution in [3.63, 3.8) is 0 Å². The van der Waals surface area contributed by atoms with Gasteiger partial charge in [0.15, 0.2) is 0 Å². The molecule has 3 heterocycles. The van der Waals surface area contributed by atoms with Gasteiger partial charge in [0, 0.05) is 30.8 Å². The molecule has 3 aliphatic carbocycles. The molecule has 5 aliphatic rings. The Balaban J connectivity index is 0.965. The molecule has 0 spiro atoms. The first-order valence-corrected chi connectivity index (χ1v) is 14.7. The van der Waals surface area contributed by atoms with Gasteiger partial charge in [-0.2, -0.15) is 5.10 Å². The Morgan fingerprint density at radius 3 is 2.38 bits per heavy atom. The second-order valence-corrected chi connectivity index (χ2v) is 12.3. The number of aromatic nitrogens is 2. The number of carbonyl (C=O) groups is 4. The molecule has 4 amide bonds. The van der Waals surface area contributed by atoms with E-state index in [9.17, 15) is 24.3 Å². The molecule has 3 saturated carbocycles. The molecular formula is C30H35N5O5. The average Bonchev–Trinajstić information content (AvgIpc) is 3.63. The van der Waals surface area contributed by atoms with Crippen molar-refractivity contribution >= 4 is 29.3 Å². The highest BCUT2D eigenvalue weighted by Gasteiger charge is 2.45. The van der Waals surface area contributed by atoms with Crippen LogP contribution in [0.15, 0.2) is 24.4 Å². The quantitative estimate of drug-likeness (QED) is 0.455. The summed E-state index contributed by atoms with van der Waals surface area (Å²) < 4.78 is 2.20. The number of nitrogens with zero attached hydrogens (tertiary/aromatic N) is 3. The Labute approximate surface area is 232 Å². The van der Waals surface area contributed by atoms with Gasteiger partial charge in [-0.1, -0.05) is 0 Å². The minimum Gasteiger partial charge on any atom is -0.393 e. The molecule has 7 rings (SSSR count). The number of aliphatic hydroxyl groups is 1. The van der Waals surface area contributed by atoms with Gasteiger partial charge in [0.25, 0.3) is 11.8 Å². The zero-order chi connectivity index (χ0) is 27.5. The summed E-state index contributed by atoms with van der Waals surface area (Å²) in [6.45, 7) is 0.762. The molecule has 1 aromatic carbocycles. The molecule has 1 saturated heterocycles. The summed E-state index contributed by atoms with van der Waals surface area (Å²) >= 11 is 0. The molecule has 1 atom stereocenters. The average molecular weight is 546 g/mol. The number of carbonyl (C=O) groups excluding carboxylic acids is 4. The van der Waals surface area contributed by atoms with Gasteiger partial charge < -0.3 is 10.4 Å². The molecular weight excluding hydrogens is 510 g/mol. The van der Waals surface area contributed by atoms with Crippen LogP contribution in [0, 0.1) is 5.92 Å². The molecule has 210 valence electrons. The van der Waals surface area contributed by atoms with Crippen molar-refractivity contribution in [1.29, 1.82) is 0 Å². The standard InChI is InChI=1S/C30H35N5O5/c36-21-6-3-17(4-7-21)24-15-34(33-27(24)18-1-2-18)20-11-16(12-20)14-31-19-5-8-22-23(13-19)30(40)35(29(22)39)25-9-10-26(37)32-28(25)38/h5,8,13,15-18,20-21,25,31,36H,1-4,6-7,9-12,14H2,(H,32,37,38). The second-order valence-electron chi connectivity index (χ2n) is 12.3. The van der Waals surface area contributed by atoms with Crippen LogP contribution >= 0.6 is 0 Å². The SMILES string of the molecule is O=C1CCC(N2C(=O)c3ccc(NCC4CC(n5cc(C6CCC(O)CC6)c(C6CC6)n5)C4)cc3C2=O)C(=O)N1. The highest BCUT2D eigenvalue weighted by Crippen LogP contribution is 2.47. The van der Waals surface area contributed by atoms with Gasteiger partial charge in [-0.25, -0.2) is 0 Å². The Morgan fingerprint density at radius 1 is 0.925 bits per heavy atom. The smallest absolute Gasteiger partial charge is 0.262 e. The summed E-state index contributed by atoms with van der Waals surface area (Å²) in [5.41, 5.74) is 4.06. The van der Waals surface area contributed by atoms with Crippen LogP contribution in [0.2, 0.25) is 0 Å². The van der Waals surface area contributed by atoms with Crippen LogP contribution in [0.3, 0.4) is 0 Å². The van der Waals surface area contributed by atoms with E-state index in [1.165, 1.54) is 24.1 Å². The molecule has 40 heavy (non-hydrogen) atoms. The van der Waals surface area contributed by atoms with Crippen molar-refractivity contribution in [2.24, 2.45) is 5.92 Å². The van der Waals surface area contributed by atoms with E-state index < -0.39 is 23.8 Å². The molecule has 4 fully saturated rings. The number of fused-ring (bicyclic) bond motifs is 1. The van der Waals surface area contributed by atoms with Crippen LogP contribution in [-0.4, -0.2) is 62.1 Å². The number of imide groups is 2. The maximum atomic E-state index is 13.1. The predicted molar refractivity (Wildman–Crippen MR) is 145 cm³/mol. The van der Waals surface area contributed by atoms with Gasteiger partial charge in [0.2, 0.25) is 11.8 Å². The first-order valence-electron chi connectivity index (χ1n) is 14.7. The number of rotatable bonds is 7. The summed E-state index contributed by atoms with van der Waals surface area (Å²) in [6, 6.07) is 4.58. The first-order chi connectivity index (χ1) is 19.4. The summed E-state index contributed by atoms with van der Waals surface area (Å²) in [5.74, 6) is -0.352. The number of piperidine rings is 1. The van der Waals surface area contributed by atoms with Crippen molar-refractivity contribution in [1.82, 2.24) is 20.0 Å². The van der Waals surface area contributed by atoms with Crippen molar-refractivity contribution in [2.45, 2.75) is 94.2 Å². The van der Waals surface area contributed by atoms with Crippen LogP contribution in [0.25, 0.3) is 0 Å². The van der Waals surface area contributed by atoms with Gasteiger partial charge in [-0.3, -0.25) is 34.1 Å². The zero-order valence-corrected chi connectivity index (χ0v) is 22.5. The number of hydrogen-bond acceptors (Lipinski definition) is 7. The zero-order valence-electron chi connectivity index (χ0n) is 22.5. The lowest BCUT2D eigenvalue weighted by atomic mass is 9.80. The Morgan fingerprint density at radius 2 is 1.65 bits per heavy atom. The van der Waals surface area contributed by atoms with Crippen LogP contribution in [0.1, 0.15) is 114 Å². The van der Waals surface area contributed by atoms with Crippen molar-refractivity contribution < 1.29 is 24.3 Å². The molecule has 0 bridgehead atoms. The van der Waals surface area contributed by atoms with E-state index in [4.69, 9.17) is 5.10 Å². The monoisotopic (exact) mass is 545 g/mol. The number of hydrogen-bond donors (Lipinski definition) is 3. The molecule has 1 unspecified atom stereocenters. The molecule has 0 radical (unpaired) electrons. The van der Waals surface area contributed by atoms with Crippen LogP contribution in [0.4, 0.5) is 5.69 Å². The fourth-order valence-electron chi connectivity index (χ4n) is 6.91. The van der Waals surface area contributed by atoms with Crippen LogP contribution in [0.5, 0.6) is 0 Å². The number of nitrogens with one attached hydrogen (secondary N) is 2. The third-order valence-electron chi connectivity index (χ3n) is 9.51. The number of amides is 4. The van der Waals surface area contributed by atoms with Crippen molar-refractivity contribution in [3.05, 3.63) is 46.8 Å². The van der Waals surface area contributed by atoms with E-state index in [0.29, 0.717) is 23.8 Å². The fourth-order valence-corrected chi connectivity index (χ4v) is 6.91. The predicted octanol–water partition coefficient (Wildman–Crippen LogP) is 3.24. The van der Waals surface area contributed by atoms with Gasteiger partial charge in [0.05, 0.1) is 29.0 Å². The molecule has 3 N–H and O–H groups in total. The second kappa shape index (κ2) is 9.83. The molecule has 2 aromatic rings. The summed E-state index contributed by atoms with van der Waals surface area (Å²) in [6.07, 6.45) is 10.8. The van der Waals surface area contributed by atoms with Gasteiger partial charge in [-0.15, -0.1) is 0 Å². The minimum absolute atomic E-state index is 0.103. The van der Waals surface area contributed by atoms with Gasteiger partial charge >= 0.3 is 0 Å². The first kappa shape index (κ1) is 25.4. The number of aliphatic hydroxyl groups excluding tert-OH is 1. The molecule has 10 heteroatoms. The lowest BCUT2D eigenvalue weighted by Gasteiger charge is -2.35. The molecule has 2 aliphatic heterocycles. The lowest BCUT2D eigenvalue weighted by molar-refractivity contribution is -0.136. The summed E-state index contributed by atoms with van der Waals surface area (Å²) in [7, 11) is 0. The number of benzene rings is 1. The largest absolute Gasteiger partial charge is 0.393 e. The Bertz CT molecular complexity index is 1380. The highest BCUT2D eigenvalue weighted by molar-refractivity contribution is 6.23. The molecule has 10 nitrogen and oxygen atoms in total.